The third-order valence-corrected chi connectivity index (χ3v) is 5.76. The lowest BCUT2D eigenvalue weighted by Gasteiger charge is -2.15. The Morgan fingerprint density at radius 3 is 2.73 bits per heavy atom. The van der Waals surface area contributed by atoms with Gasteiger partial charge in [-0.1, -0.05) is 6.42 Å². The Bertz CT molecular complexity index is 1340. The number of halogens is 3. The van der Waals surface area contributed by atoms with Crippen LogP contribution in [-0.2, 0) is 19.1 Å². The number of carbonyl (C=O) groups is 1. The van der Waals surface area contributed by atoms with Gasteiger partial charge < -0.3 is 9.88 Å². The van der Waals surface area contributed by atoms with Crippen LogP contribution in [0.25, 0.3) is 16.9 Å². The average Bonchev–Trinajstić information content (AvgIpc) is 3.35. The number of aromatic nitrogens is 5. The van der Waals surface area contributed by atoms with Crippen molar-refractivity contribution < 1.29 is 18.0 Å². The van der Waals surface area contributed by atoms with Gasteiger partial charge in [0, 0.05) is 31.1 Å². The number of hydrogen-bond acceptors (Lipinski definition) is 4. The number of rotatable bonds is 3. The van der Waals surface area contributed by atoms with Crippen LogP contribution in [0.15, 0.2) is 42.7 Å². The summed E-state index contributed by atoms with van der Waals surface area (Å²) in [5, 5.41) is 6.76. The highest BCUT2D eigenvalue weighted by Crippen LogP contribution is 2.34. The molecule has 5 rings (SSSR count). The Labute approximate surface area is 187 Å². The second-order valence-corrected chi connectivity index (χ2v) is 8.11. The van der Waals surface area contributed by atoms with Crippen molar-refractivity contribution in [3.8, 4) is 5.69 Å². The molecule has 7 nitrogen and oxygen atoms in total. The van der Waals surface area contributed by atoms with Crippen LogP contribution in [0.2, 0.25) is 0 Å². The smallest absolute Gasteiger partial charge is 0.320 e. The predicted molar refractivity (Wildman–Crippen MR) is 116 cm³/mol. The van der Waals surface area contributed by atoms with Gasteiger partial charge in [0.15, 0.2) is 5.65 Å². The van der Waals surface area contributed by atoms with E-state index in [1.807, 2.05) is 4.57 Å². The zero-order chi connectivity index (χ0) is 23.2. The van der Waals surface area contributed by atoms with Crippen molar-refractivity contribution in [1.29, 1.82) is 0 Å². The van der Waals surface area contributed by atoms with E-state index in [4.69, 9.17) is 0 Å². The fourth-order valence-electron chi connectivity index (χ4n) is 4.20. The van der Waals surface area contributed by atoms with E-state index in [9.17, 15) is 18.0 Å². The number of benzene rings is 1. The van der Waals surface area contributed by atoms with Crippen LogP contribution in [0.5, 0.6) is 0 Å². The summed E-state index contributed by atoms with van der Waals surface area (Å²) in [5.41, 5.74) is 1.47. The zero-order valence-electron chi connectivity index (χ0n) is 17.9. The lowest BCUT2D eigenvalue weighted by molar-refractivity contribution is -0.137. The summed E-state index contributed by atoms with van der Waals surface area (Å²) in [4.78, 5) is 22.6. The van der Waals surface area contributed by atoms with Crippen LogP contribution < -0.4 is 5.32 Å². The molecule has 0 saturated carbocycles. The maximum absolute atomic E-state index is 13.4. The maximum atomic E-state index is 13.4. The van der Waals surface area contributed by atoms with Crippen molar-refractivity contribution in [2.45, 2.75) is 45.3 Å². The normalized spacial score (nSPS) is 14.2. The minimum absolute atomic E-state index is 0.00177. The van der Waals surface area contributed by atoms with Gasteiger partial charge in [-0.2, -0.15) is 18.3 Å². The summed E-state index contributed by atoms with van der Waals surface area (Å²) < 4.78 is 43.6. The van der Waals surface area contributed by atoms with Gasteiger partial charge in [-0.25, -0.2) is 14.6 Å². The molecule has 33 heavy (non-hydrogen) atoms. The number of anilines is 1. The van der Waals surface area contributed by atoms with E-state index < -0.39 is 17.6 Å². The molecule has 1 amide bonds. The number of nitrogens with zero attached hydrogens (tertiary/aromatic N) is 5. The molecule has 0 atom stereocenters. The van der Waals surface area contributed by atoms with Gasteiger partial charge in [-0.15, -0.1) is 0 Å². The summed E-state index contributed by atoms with van der Waals surface area (Å²) in [5.74, 6) is 0.331. The molecule has 170 valence electrons. The van der Waals surface area contributed by atoms with E-state index in [1.54, 1.807) is 25.3 Å². The van der Waals surface area contributed by atoms with Crippen LogP contribution in [0.1, 0.15) is 46.7 Å². The second kappa shape index (κ2) is 8.02. The minimum atomic E-state index is -4.55. The van der Waals surface area contributed by atoms with Crippen molar-refractivity contribution in [3.05, 3.63) is 65.4 Å². The number of nitrogens with one attached hydrogen (secondary N) is 1. The first-order valence-electron chi connectivity index (χ1n) is 10.7. The largest absolute Gasteiger partial charge is 0.416 e. The average molecular weight is 454 g/mol. The SMILES string of the molecule is Cc1cc(C(=O)Nc2cc(C(F)(F)F)ccc2-n2cccn2)c2nc3n(c2n1)CCCCC3. The molecular weight excluding hydrogens is 433 g/mol. The fraction of sp³-hybridized carbons (Fsp3) is 0.304. The van der Waals surface area contributed by atoms with Gasteiger partial charge >= 0.3 is 6.18 Å². The molecule has 3 aromatic heterocycles. The number of pyridine rings is 1. The second-order valence-electron chi connectivity index (χ2n) is 8.11. The Balaban J connectivity index is 1.59. The quantitative estimate of drug-likeness (QED) is 0.477. The molecule has 0 unspecified atom stereocenters. The third kappa shape index (κ3) is 3.96. The molecule has 4 heterocycles. The van der Waals surface area contributed by atoms with E-state index in [0.29, 0.717) is 22.5 Å². The molecule has 0 fully saturated rings. The Hall–Kier alpha value is -3.69. The number of imidazole rings is 1. The Morgan fingerprint density at radius 1 is 1.12 bits per heavy atom. The van der Waals surface area contributed by atoms with E-state index in [0.717, 1.165) is 50.2 Å². The monoisotopic (exact) mass is 454 g/mol. The van der Waals surface area contributed by atoms with Crippen LogP contribution in [0, 0.1) is 6.92 Å². The van der Waals surface area contributed by atoms with E-state index in [-0.39, 0.29) is 11.3 Å². The molecule has 0 saturated heterocycles. The summed E-state index contributed by atoms with van der Waals surface area (Å²) >= 11 is 0. The summed E-state index contributed by atoms with van der Waals surface area (Å²) in [7, 11) is 0. The Kier molecular flexibility index (Phi) is 5.15. The number of carbonyl (C=O) groups excluding carboxylic acids is 1. The fourth-order valence-corrected chi connectivity index (χ4v) is 4.20. The Morgan fingerprint density at radius 2 is 1.97 bits per heavy atom. The molecule has 4 aromatic rings. The van der Waals surface area contributed by atoms with E-state index >= 15 is 0 Å². The number of aryl methyl sites for hydroxylation is 3. The standard InChI is InChI=1S/C23H21F3N6O/c1-14-12-16(20-21(28-14)31-10-4-2-3-6-19(31)30-20)22(33)29-17-13-15(23(24,25)26)7-8-18(17)32-11-5-9-27-32/h5,7-9,11-13H,2-4,6,10H2,1H3,(H,29,33). The molecule has 0 aliphatic carbocycles. The number of alkyl halides is 3. The van der Waals surface area contributed by atoms with E-state index in [2.05, 4.69) is 20.4 Å². The number of hydrogen-bond donors (Lipinski definition) is 1. The van der Waals surface area contributed by atoms with Gasteiger partial charge in [0.1, 0.15) is 11.3 Å². The zero-order valence-corrected chi connectivity index (χ0v) is 17.9. The number of fused-ring (bicyclic) bond motifs is 3. The van der Waals surface area contributed by atoms with Gasteiger partial charge in [-0.3, -0.25) is 4.79 Å². The molecule has 0 radical (unpaired) electrons. The van der Waals surface area contributed by atoms with Gasteiger partial charge in [-0.05, 0) is 50.1 Å². The first-order chi connectivity index (χ1) is 15.8. The molecule has 1 aliphatic rings. The van der Waals surface area contributed by atoms with Gasteiger partial charge in [0.05, 0.1) is 22.5 Å². The summed E-state index contributed by atoms with van der Waals surface area (Å²) in [6, 6.07) is 6.44. The topological polar surface area (TPSA) is 77.6 Å². The first-order valence-corrected chi connectivity index (χ1v) is 10.7. The van der Waals surface area contributed by atoms with Crippen LogP contribution in [0.3, 0.4) is 0 Å². The van der Waals surface area contributed by atoms with Crippen LogP contribution >= 0.6 is 0 Å². The lowest BCUT2D eigenvalue weighted by Crippen LogP contribution is -2.16. The molecule has 1 aromatic carbocycles. The molecule has 10 heteroatoms. The maximum Gasteiger partial charge on any atom is 0.416 e. The van der Waals surface area contributed by atoms with Crippen LogP contribution in [0.4, 0.5) is 18.9 Å². The predicted octanol–water partition coefficient (Wildman–Crippen LogP) is 4.92. The third-order valence-electron chi connectivity index (χ3n) is 5.76. The molecule has 0 spiro atoms. The van der Waals surface area contributed by atoms with Crippen molar-refractivity contribution in [2.24, 2.45) is 0 Å². The highest BCUT2D eigenvalue weighted by atomic mass is 19.4. The summed E-state index contributed by atoms with van der Waals surface area (Å²) in [6.45, 7) is 2.56. The van der Waals surface area contributed by atoms with Crippen molar-refractivity contribution in [3.63, 3.8) is 0 Å². The molecular formula is C23H21F3N6O. The van der Waals surface area contributed by atoms with Crippen LogP contribution in [-0.4, -0.2) is 30.2 Å². The number of amides is 1. The summed E-state index contributed by atoms with van der Waals surface area (Å²) in [6.07, 6.45) is 2.48. The van der Waals surface area contributed by atoms with Crippen molar-refractivity contribution in [2.75, 3.05) is 5.32 Å². The lowest BCUT2D eigenvalue weighted by atomic mass is 10.1. The first kappa shape index (κ1) is 21.2. The van der Waals surface area contributed by atoms with Crippen molar-refractivity contribution >= 4 is 22.8 Å². The van der Waals surface area contributed by atoms with E-state index in [1.165, 1.54) is 16.9 Å². The highest BCUT2D eigenvalue weighted by molar-refractivity contribution is 6.11. The van der Waals surface area contributed by atoms with Crippen molar-refractivity contribution in [1.82, 2.24) is 24.3 Å². The highest BCUT2D eigenvalue weighted by Gasteiger charge is 2.31. The molecule has 0 bridgehead atoms. The van der Waals surface area contributed by atoms with Gasteiger partial charge in [0.2, 0.25) is 0 Å². The van der Waals surface area contributed by atoms with Gasteiger partial charge in [0.25, 0.3) is 5.91 Å². The molecule has 1 N–H and O–H groups in total. The molecule has 1 aliphatic heterocycles. The minimum Gasteiger partial charge on any atom is -0.320 e.